The SMILES string of the molecule is Cc1cc(OCc2noc(C3CC3)n2)c(C(=O)O)s1. The van der Waals surface area contributed by atoms with E-state index in [0.717, 1.165) is 17.7 Å². The highest BCUT2D eigenvalue weighted by Crippen LogP contribution is 2.38. The fourth-order valence-corrected chi connectivity index (χ4v) is 2.51. The van der Waals surface area contributed by atoms with Crippen LogP contribution in [0.15, 0.2) is 10.6 Å². The molecule has 0 atom stereocenters. The van der Waals surface area contributed by atoms with Crippen molar-refractivity contribution < 1.29 is 19.2 Å². The van der Waals surface area contributed by atoms with E-state index in [4.69, 9.17) is 14.4 Å². The maximum absolute atomic E-state index is 11.0. The number of aryl methyl sites for hydroxylation is 1. The Balaban J connectivity index is 1.69. The molecule has 2 aromatic rings. The minimum absolute atomic E-state index is 0.118. The zero-order chi connectivity index (χ0) is 13.4. The summed E-state index contributed by atoms with van der Waals surface area (Å²) >= 11 is 1.19. The second-order valence-electron chi connectivity index (χ2n) is 4.47. The third-order valence-electron chi connectivity index (χ3n) is 2.78. The number of aromatic carboxylic acids is 1. The van der Waals surface area contributed by atoms with Gasteiger partial charge < -0.3 is 14.4 Å². The summed E-state index contributed by atoms with van der Waals surface area (Å²) in [6, 6.07) is 1.70. The van der Waals surface area contributed by atoms with E-state index in [9.17, 15) is 4.79 Å². The van der Waals surface area contributed by atoms with Gasteiger partial charge in [0.2, 0.25) is 11.7 Å². The number of thiophene rings is 1. The first-order chi connectivity index (χ1) is 9.13. The van der Waals surface area contributed by atoms with E-state index in [0.29, 0.717) is 23.4 Å². The maximum atomic E-state index is 11.0. The second-order valence-corrected chi connectivity index (χ2v) is 5.72. The predicted molar refractivity (Wildman–Crippen MR) is 66.6 cm³/mol. The Hall–Kier alpha value is -1.89. The van der Waals surface area contributed by atoms with Gasteiger partial charge in [-0.2, -0.15) is 4.98 Å². The Morgan fingerprint density at radius 1 is 1.63 bits per heavy atom. The molecule has 0 spiro atoms. The van der Waals surface area contributed by atoms with Crippen LogP contribution < -0.4 is 4.74 Å². The number of ether oxygens (including phenoxy) is 1. The summed E-state index contributed by atoms with van der Waals surface area (Å²) in [7, 11) is 0. The first kappa shape index (κ1) is 12.2. The number of hydrogen-bond donors (Lipinski definition) is 1. The number of aromatic nitrogens is 2. The highest BCUT2D eigenvalue weighted by Gasteiger charge is 2.29. The lowest BCUT2D eigenvalue weighted by molar-refractivity contribution is 0.0697. The first-order valence-corrected chi connectivity index (χ1v) is 6.74. The number of carboxylic acid groups (broad SMARTS) is 1. The molecule has 0 aromatic carbocycles. The average Bonchev–Trinajstić information content (AvgIpc) is 2.98. The first-order valence-electron chi connectivity index (χ1n) is 5.92. The number of carbonyl (C=O) groups is 1. The average molecular weight is 280 g/mol. The number of nitrogens with zero attached hydrogens (tertiary/aromatic N) is 2. The molecule has 0 amide bonds. The summed E-state index contributed by atoms with van der Waals surface area (Å²) in [5.74, 6) is 0.868. The van der Waals surface area contributed by atoms with Gasteiger partial charge in [-0.05, 0) is 25.8 Å². The van der Waals surface area contributed by atoms with Crippen LogP contribution in [0.5, 0.6) is 5.75 Å². The van der Waals surface area contributed by atoms with Crippen LogP contribution in [0.1, 0.15) is 45.0 Å². The molecule has 100 valence electrons. The van der Waals surface area contributed by atoms with Crippen molar-refractivity contribution in [3.05, 3.63) is 27.5 Å². The fraction of sp³-hybridized carbons (Fsp3) is 0.417. The second kappa shape index (κ2) is 4.65. The Kier molecular flexibility index (Phi) is 2.98. The summed E-state index contributed by atoms with van der Waals surface area (Å²) in [6.07, 6.45) is 2.19. The Morgan fingerprint density at radius 3 is 3.11 bits per heavy atom. The van der Waals surface area contributed by atoms with E-state index in [2.05, 4.69) is 10.1 Å². The molecule has 0 radical (unpaired) electrons. The largest absolute Gasteiger partial charge is 0.484 e. The molecular formula is C12H12N2O4S. The predicted octanol–water partition coefficient (Wildman–Crippen LogP) is 2.59. The highest BCUT2D eigenvalue weighted by atomic mass is 32.1. The third-order valence-corrected chi connectivity index (χ3v) is 3.80. The number of rotatable bonds is 5. The topological polar surface area (TPSA) is 85.5 Å². The molecule has 6 nitrogen and oxygen atoms in total. The smallest absolute Gasteiger partial charge is 0.349 e. The van der Waals surface area contributed by atoms with Gasteiger partial charge in [0.1, 0.15) is 5.75 Å². The lowest BCUT2D eigenvalue weighted by atomic mass is 10.4. The summed E-state index contributed by atoms with van der Waals surface area (Å²) in [6.45, 7) is 1.95. The standard InChI is InChI=1S/C12H12N2O4S/c1-6-4-8(10(19-6)12(15)16)17-5-9-13-11(18-14-9)7-2-3-7/h4,7H,2-3,5H2,1H3,(H,15,16). The van der Waals surface area contributed by atoms with Gasteiger partial charge in [0.15, 0.2) is 11.5 Å². The number of hydrogen-bond acceptors (Lipinski definition) is 6. The van der Waals surface area contributed by atoms with Gasteiger partial charge in [-0.15, -0.1) is 11.3 Å². The minimum Gasteiger partial charge on any atom is -0.484 e. The minimum atomic E-state index is -0.986. The van der Waals surface area contributed by atoms with Gasteiger partial charge in [0, 0.05) is 10.8 Å². The van der Waals surface area contributed by atoms with E-state index in [1.54, 1.807) is 6.07 Å². The zero-order valence-electron chi connectivity index (χ0n) is 10.3. The Labute approximate surface area is 113 Å². The third kappa shape index (κ3) is 2.60. The molecule has 3 rings (SSSR count). The lowest BCUT2D eigenvalue weighted by Crippen LogP contribution is -2.01. The van der Waals surface area contributed by atoms with E-state index in [-0.39, 0.29) is 11.5 Å². The lowest BCUT2D eigenvalue weighted by Gasteiger charge is -2.01. The van der Waals surface area contributed by atoms with Crippen LogP contribution >= 0.6 is 11.3 Å². The molecule has 1 N–H and O–H groups in total. The Morgan fingerprint density at radius 2 is 2.42 bits per heavy atom. The summed E-state index contributed by atoms with van der Waals surface area (Å²) in [5, 5.41) is 12.9. The number of carboxylic acids is 1. The van der Waals surface area contributed by atoms with Crippen LogP contribution in [0.4, 0.5) is 0 Å². The summed E-state index contributed by atoms with van der Waals surface area (Å²) < 4.78 is 10.6. The van der Waals surface area contributed by atoms with Crippen molar-refractivity contribution >= 4 is 17.3 Å². The van der Waals surface area contributed by atoms with Gasteiger partial charge in [-0.25, -0.2) is 4.79 Å². The van der Waals surface area contributed by atoms with E-state index in [1.807, 2.05) is 6.92 Å². The van der Waals surface area contributed by atoms with Crippen molar-refractivity contribution in [1.82, 2.24) is 10.1 Å². The van der Waals surface area contributed by atoms with Crippen molar-refractivity contribution in [2.45, 2.75) is 32.3 Å². The molecule has 2 aromatic heterocycles. The molecule has 1 aliphatic carbocycles. The molecule has 1 aliphatic rings. The molecule has 0 saturated heterocycles. The van der Waals surface area contributed by atoms with Crippen molar-refractivity contribution in [2.75, 3.05) is 0 Å². The zero-order valence-corrected chi connectivity index (χ0v) is 11.1. The molecule has 1 saturated carbocycles. The normalized spacial score (nSPS) is 14.6. The van der Waals surface area contributed by atoms with Crippen molar-refractivity contribution in [2.24, 2.45) is 0 Å². The molecule has 7 heteroatoms. The highest BCUT2D eigenvalue weighted by molar-refractivity contribution is 7.14. The summed E-state index contributed by atoms with van der Waals surface area (Å²) in [4.78, 5) is 16.3. The van der Waals surface area contributed by atoms with Gasteiger partial charge >= 0.3 is 5.97 Å². The van der Waals surface area contributed by atoms with Crippen LogP contribution in [0.3, 0.4) is 0 Å². The fourth-order valence-electron chi connectivity index (χ4n) is 1.71. The van der Waals surface area contributed by atoms with Crippen LogP contribution in [-0.2, 0) is 6.61 Å². The van der Waals surface area contributed by atoms with E-state index in [1.165, 1.54) is 11.3 Å². The van der Waals surface area contributed by atoms with E-state index >= 15 is 0 Å². The molecule has 0 aliphatic heterocycles. The quantitative estimate of drug-likeness (QED) is 0.906. The van der Waals surface area contributed by atoms with Gasteiger partial charge in [-0.3, -0.25) is 0 Å². The monoisotopic (exact) mass is 280 g/mol. The molecule has 2 heterocycles. The van der Waals surface area contributed by atoms with Crippen LogP contribution in [0.25, 0.3) is 0 Å². The van der Waals surface area contributed by atoms with Gasteiger partial charge in [0.05, 0.1) is 0 Å². The van der Waals surface area contributed by atoms with Crippen LogP contribution in [0, 0.1) is 6.92 Å². The molecule has 19 heavy (non-hydrogen) atoms. The van der Waals surface area contributed by atoms with Gasteiger partial charge in [-0.1, -0.05) is 5.16 Å². The van der Waals surface area contributed by atoms with Crippen molar-refractivity contribution in [3.63, 3.8) is 0 Å². The van der Waals surface area contributed by atoms with Gasteiger partial charge in [0.25, 0.3) is 0 Å². The Bertz CT molecular complexity index is 615. The summed E-state index contributed by atoms with van der Waals surface area (Å²) in [5.41, 5.74) is 0. The van der Waals surface area contributed by atoms with Crippen molar-refractivity contribution in [3.8, 4) is 5.75 Å². The molecule has 0 unspecified atom stereocenters. The van der Waals surface area contributed by atoms with Crippen molar-refractivity contribution in [1.29, 1.82) is 0 Å². The van der Waals surface area contributed by atoms with Crippen LogP contribution in [0.2, 0.25) is 0 Å². The maximum Gasteiger partial charge on any atom is 0.349 e. The molecular weight excluding hydrogens is 268 g/mol. The van der Waals surface area contributed by atoms with E-state index < -0.39 is 5.97 Å². The molecule has 0 bridgehead atoms. The molecule has 1 fully saturated rings. The van der Waals surface area contributed by atoms with Crippen LogP contribution in [-0.4, -0.2) is 21.2 Å².